The van der Waals surface area contributed by atoms with Gasteiger partial charge in [0.1, 0.15) is 5.56 Å². The van der Waals surface area contributed by atoms with E-state index in [0.29, 0.717) is 10.7 Å². The van der Waals surface area contributed by atoms with Gasteiger partial charge in [0.25, 0.3) is 10.0 Å². The highest BCUT2D eigenvalue weighted by Crippen LogP contribution is 2.25. The number of hydrogen-bond donors (Lipinski definition) is 1. The summed E-state index contributed by atoms with van der Waals surface area (Å²) in [6, 6.07) is 14.4. The second-order valence-corrected chi connectivity index (χ2v) is 7.55. The monoisotopic (exact) mass is 405 g/mol. The Labute approximate surface area is 161 Å². The Bertz CT molecular complexity index is 1050. The highest BCUT2D eigenvalue weighted by Gasteiger charge is 2.24. The van der Waals surface area contributed by atoms with Crippen molar-refractivity contribution in [3.05, 3.63) is 71.4 Å². The maximum Gasteiger partial charge on any atom is 0.343 e. The summed E-state index contributed by atoms with van der Waals surface area (Å²) in [6.45, 7) is 1.81. The van der Waals surface area contributed by atoms with Gasteiger partial charge in [-0.15, -0.1) is 0 Å². The fourth-order valence-electron chi connectivity index (χ4n) is 2.37. The molecule has 3 rings (SSSR count). The lowest BCUT2D eigenvalue weighted by Crippen LogP contribution is -2.18. The molecule has 0 aliphatic heterocycles. The second kappa shape index (κ2) is 7.81. The Morgan fingerprint density at radius 3 is 2.44 bits per heavy atom. The average Bonchev–Trinajstić information content (AvgIpc) is 3.06. The summed E-state index contributed by atoms with van der Waals surface area (Å²) in [6.07, 6.45) is 1.26. The van der Waals surface area contributed by atoms with E-state index >= 15 is 0 Å². The molecule has 0 amide bonds. The van der Waals surface area contributed by atoms with Crippen LogP contribution in [-0.2, 0) is 14.8 Å². The standard InChI is InChI=1S/C18H16ClN3O4S/c1-2-26-18(23)16-12-20-22(14-10-8-13(19)9-11-14)17(16)21-27(24,25)15-6-4-3-5-7-15/h3-12,21H,2H2,1H3. The molecule has 140 valence electrons. The number of esters is 1. The van der Waals surface area contributed by atoms with Crippen molar-refractivity contribution in [3.63, 3.8) is 0 Å². The van der Waals surface area contributed by atoms with Crippen LogP contribution in [0.5, 0.6) is 0 Å². The molecule has 0 aliphatic carbocycles. The van der Waals surface area contributed by atoms with Crippen molar-refractivity contribution in [1.82, 2.24) is 9.78 Å². The van der Waals surface area contributed by atoms with Gasteiger partial charge in [-0.1, -0.05) is 29.8 Å². The maximum absolute atomic E-state index is 12.7. The predicted molar refractivity (Wildman–Crippen MR) is 102 cm³/mol. The van der Waals surface area contributed by atoms with Crippen molar-refractivity contribution < 1.29 is 17.9 Å². The summed E-state index contributed by atoms with van der Waals surface area (Å²) in [5.74, 6) is -0.692. The number of anilines is 1. The summed E-state index contributed by atoms with van der Waals surface area (Å²) >= 11 is 5.91. The number of nitrogens with zero attached hydrogens (tertiary/aromatic N) is 2. The third-order valence-electron chi connectivity index (χ3n) is 3.62. The van der Waals surface area contributed by atoms with Crippen LogP contribution in [0.4, 0.5) is 5.82 Å². The van der Waals surface area contributed by atoms with Crippen LogP contribution in [0.25, 0.3) is 5.69 Å². The lowest BCUT2D eigenvalue weighted by Gasteiger charge is -2.12. The number of nitrogens with one attached hydrogen (secondary N) is 1. The van der Waals surface area contributed by atoms with E-state index in [1.165, 1.54) is 23.0 Å². The van der Waals surface area contributed by atoms with Gasteiger partial charge in [-0.2, -0.15) is 5.10 Å². The number of carbonyl (C=O) groups excluding carboxylic acids is 1. The normalized spacial score (nSPS) is 11.2. The smallest absolute Gasteiger partial charge is 0.343 e. The van der Waals surface area contributed by atoms with Crippen LogP contribution in [0.1, 0.15) is 17.3 Å². The first-order valence-electron chi connectivity index (χ1n) is 8.01. The molecule has 0 bridgehead atoms. The van der Waals surface area contributed by atoms with Crippen LogP contribution in [0.15, 0.2) is 65.7 Å². The Kier molecular flexibility index (Phi) is 5.48. The molecule has 0 atom stereocenters. The first kappa shape index (κ1) is 18.9. The summed E-state index contributed by atoms with van der Waals surface area (Å²) in [4.78, 5) is 12.3. The number of benzene rings is 2. The zero-order chi connectivity index (χ0) is 19.4. The number of hydrogen-bond acceptors (Lipinski definition) is 5. The quantitative estimate of drug-likeness (QED) is 0.634. The van der Waals surface area contributed by atoms with Gasteiger partial charge in [0.05, 0.1) is 23.4 Å². The topological polar surface area (TPSA) is 90.3 Å². The van der Waals surface area contributed by atoms with Crippen molar-refractivity contribution in [3.8, 4) is 5.69 Å². The molecule has 1 aromatic heterocycles. The van der Waals surface area contributed by atoms with Gasteiger partial charge < -0.3 is 4.74 Å². The molecule has 0 saturated heterocycles. The number of ether oxygens (including phenoxy) is 1. The zero-order valence-electron chi connectivity index (χ0n) is 14.3. The Morgan fingerprint density at radius 2 is 1.81 bits per heavy atom. The lowest BCUT2D eigenvalue weighted by molar-refractivity contribution is 0.0527. The van der Waals surface area contributed by atoms with Gasteiger partial charge in [0, 0.05) is 5.02 Å². The summed E-state index contributed by atoms with van der Waals surface area (Å²) in [5, 5.41) is 4.66. The van der Waals surface area contributed by atoms with E-state index < -0.39 is 16.0 Å². The summed E-state index contributed by atoms with van der Waals surface area (Å²) in [5.41, 5.74) is 0.534. The molecular formula is C18H16ClN3O4S. The molecule has 0 aliphatic rings. The second-order valence-electron chi connectivity index (χ2n) is 5.43. The van der Waals surface area contributed by atoms with E-state index in [4.69, 9.17) is 16.3 Å². The van der Waals surface area contributed by atoms with Gasteiger partial charge in [0.2, 0.25) is 0 Å². The molecule has 1 heterocycles. The van der Waals surface area contributed by atoms with Crippen LogP contribution in [0.2, 0.25) is 5.02 Å². The van der Waals surface area contributed by atoms with Crippen LogP contribution in [0.3, 0.4) is 0 Å². The summed E-state index contributed by atoms with van der Waals surface area (Å²) < 4.78 is 34.2. The van der Waals surface area contributed by atoms with Crippen LogP contribution in [-0.4, -0.2) is 30.8 Å². The Hall–Kier alpha value is -2.84. The fraction of sp³-hybridized carbons (Fsp3) is 0.111. The molecule has 0 spiro atoms. The molecule has 2 aromatic carbocycles. The number of halogens is 1. The van der Waals surface area contributed by atoms with Gasteiger partial charge in [0.15, 0.2) is 5.82 Å². The number of carbonyl (C=O) groups is 1. The van der Waals surface area contributed by atoms with Crippen LogP contribution < -0.4 is 4.72 Å². The highest BCUT2D eigenvalue weighted by atomic mass is 35.5. The van der Waals surface area contributed by atoms with Crippen LogP contribution >= 0.6 is 11.6 Å². The van der Waals surface area contributed by atoms with E-state index in [9.17, 15) is 13.2 Å². The van der Waals surface area contributed by atoms with Gasteiger partial charge in [-0.25, -0.2) is 17.9 Å². The van der Waals surface area contributed by atoms with Gasteiger partial charge >= 0.3 is 5.97 Å². The molecule has 0 fully saturated rings. The van der Waals surface area contributed by atoms with E-state index in [2.05, 4.69) is 9.82 Å². The molecule has 1 N–H and O–H groups in total. The minimum absolute atomic E-state index is 0.00584. The third kappa shape index (κ3) is 4.12. The minimum Gasteiger partial charge on any atom is -0.462 e. The maximum atomic E-state index is 12.7. The average molecular weight is 406 g/mol. The first-order chi connectivity index (χ1) is 12.9. The lowest BCUT2D eigenvalue weighted by atomic mass is 10.3. The van der Waals surface area contributed by atoms with Crippen molar-refractivity contribution >= 4 is 33.4 Å². The largest absolute Gasteiger partial charge is 0.462 e. The van der Waals surface area contributed by atoms with E-state index in [0.717, 1.165) is 0 Å². The highest BCUT2D eigenvalue weighted by molar-refractivity contribution is 7.92. The third-order valence-corrected chi connectivity index (χ3v) is 5.23. The SMILES string of the molecule is CCOC(=O)c1cnn(-c2ccc(Cl)cc2)c1NS(=O)(=O)c1ccccc1. The fourth-order valence-corrected chi connectivity index (χ4v) is 3.58. The molecule has 27 heavy (non-hydrogen) atoms. The van der Waals surface area contributed by atoms with E-state index in [-0.39, 0.29) is 22.9 Å². The van der Waals surface area contributed by atoms with Gasteiger partial charge in [-0.3, -0.25) is 4.72 Å². The first-order valence-corrected chi connectivity index (χ1v) is 9.87. The molecule has 0 saturated carbocycles. The summed E-state index contributed by atoms with van der Waals surface area (Å²) in [7, 11) is -3.94. The van der Waals surface area contributed by atoms with Crippen molar-refractivity contribution in [1.29, 1.82) is 0 Å². The van der Waals surface area contributed by atoms with E-state index in [1.807, 2.05) is 0 Å². The molecule has 0 radical (unpaired) electrons. The van der Waals surface area contributed by atoms with Crippen molar-refractivity contribution in [2.45, 2.75) is 11.8 Å². The number of rotatable bonds is 6. The minimum atomic E-state index is -3.94. The van der Waals surface area contributed by atoms with Crippen LogP contribution in [0, 0.1) is 0 Å². The number of aromatic nitrogens is 2. The predicted octanol–water partition coefficient (Wildman–Crippen LogP) is 3.50. The Morgan fingerprint density at radius 1 is 1.15 bits per heavy atom. The Balaban J connectivity index is 2.09. The molecule has 9 heteroatoms. The van der Waals surface area contributed by atoms with Crippen molar-refractivity contribution in [2.75, 3.05) is 11.3 Å². The zero-order valence-corrected chi connectivity index (χ0v) is 15.9. The molecule has 0 unspecified atom stereocenters. The van der Waals surface area contributed by atoms with Crippen molar-refractivity contribution in [2.24, 2.45) is 0 Å². The molecular weight excluding hydrogens is 390 g/mol. The van der Waals surface area contributed by atoms with E-state index in [1.54, 1.807) is 49.4 Å². The molecule has 7 nitrogen and oxygen atoms in total. The number of sulfonamides is 1. The molecule has 3 aromatic rings. The van der Waals surface area contributed by atoms with Gasteiger partial charge in [-0.05, 0) is 43.3 Å².